The largest absolute Gasteiger partial charge is 0.339 e. The Morgan fingerprint density at radius 3 is 2.48 bits per heavy atom. The van der Waals surface area contributed by atoms with E-state index in [1.165, 1.54) is 0 Å². The summed E-state index contributed by atoms with van der Waals surface area (Å²) in [5.41, 5.74) is 6.29. The fourth-order valence-electron chi connectivity index (χ4n) is 2.81. The van der Waals surface area contributed by atoms with Gasteiger partial charge in [0, 0.05) is 24.3 Å². The molecule has 3 amide bonds. The van der Waals surface area contributed by atoms with E-state index in [-0.39, 0.29) is 17.5 Å². The summed E-state index contributed by atoms with van der Waals surface area (Å²) in [6, 6.07) is 4.62. The standard InChI is InChI=1S/C18H27ClN4O2/c1-18(2,3)22-17(25)21-13-4-5-15(19)14(10-13)16(24)23-8-6-12(11-20)7-9-23/h4-5,10,12H,6-9,11,20H2,1-3H3,(H2,21,22,25). The number of hydrogen-bond acceptors (Lipinski definition) is 3. The molecule has 0 aromatic heterocycles. The molecule has 1 saturated heterocycles. The molecule has 25 heavy (non-hydrogen) atoms. The number of amides is 3. The molecular weight excluding hydrogens is 340 g/mol. The number of piperidine rings is 1. The van der Waals surface area contributed by atoms with Crippen molar-refractivity contribution in [1.29, 1.82) is 0 Å². The summed E-state index contributed by atoms with van der Waals surface area (Å²) < 4.78 is 0. The van der Waals surface area contributed by atoms with E-state index in [0.717, 1.165) is 12.8 Å². The minimum absolute atomic E-state index is 0.111. The fraction of sp³-hybridized carbons (Fsp3) is 0.556. The van der Waals surface area contributed by atoms with Gasteiger partial charge in [-0.25, -0.2) is 4.79 Å². The first-order valence-corrected chi connectivity index (χ1v) is 8.95. The Morgan fingerprint density at radius 2 is 1.92 bits per heavy atom. The second-order valence-corrected chi connectivity index (χ2v) is 7.90. The topological polar surface area (TPSA) is 87.5 Å². The van der Waals surface area contributed by atoms with Crippen molar-refractivity contribution in [3.05, 3.63) is 28.8 Å². The molecule has 1 aromatic carbocycles. The molecule has 7 heteroatoms. The SMILES string of the molecule is CC(C)(C)NC(=O)Nc1ccc(Cl)c(C(=O)N2CCC(CN)CC2)c1. The van der Waals surface area contributed by atoms with Crippen LogP contribution >= 0.6 is 11.6 Å². The van der Waals surface area contributed by atoms with Gasteiger partial charge >= 0.3 is 6.03 Å². The molecule has 0 spiro atoms. The molecule has 2 rings (SSSR count). The van der Waals surface area contributed by atoms with Crippen molar-refractivity contribution in [2.24, 2.45) is 11.7 Å². The van der Waals surface area contributed by atoms with Crippen LogP contribution in [0.15, 0.2) is 18.2 Å². The summed E-state index contributed by atoms with van der Waals surface area (Å²) in [6.45, 7) is 7.71. The van der Waals surface area contributed by atoms with E-state index in [1.54, 1.807) is 23.1 Å². The van der Waals surface area contributed by atoms with Gasteiger partial charge in [-0.15, -0.1) is 0 Å². The number of rotatable bonds is 3. The van der Waals surface area contributed by atoms with Crippen LogP contribution in [0.2, 0.25) is 5.02 Å². The maximum atomic E-state index is 12.8. The number of benzene rings is 1. The highest BCUT2D eigenvalue weighted by Gasteiger charge is 2.24. The van der Waals surface area contributed by atoms with Crippen molar-refractivity contribution in [1.82, 2.24) is 10.2 Å². The molecule has 6 nitrogen and oxygen atoms in total. The van der Waals surface area contributed by atoms with E-state index < -0.39 is 0 Å². The Labute approximate surface area is 154 Å². The van der Waals surface area contributed by atoms with Gasteiger partial charge in [0.15, 0.2) is 0 Å². The first kappa shape index (κ1) is 19.5. The van der Waals surface area contributed by atoms with Crippen molar-refractivity contribution in [2.75, 3.05) is 25.0 Å². The third kappa shape index (κ3) is 5.61. The Morgan fingerprint density at radius 1 is 1.28 bits per heavy atom. The van der Waals surface area contributed by atoms with E-state index in [9.17, 15) is 9.59 Å². The van der Waals surface area contributed by atoms with Gasteiger partial charge in [0.1, 0.15) is 0 Å². The van der Waals surface area contributed by atoms with Crippen molar-refractivity contribution in [3.63, 3.8) is 0 Å². The molecule has 4 N–H and O–H groups in total. The van der Waals surface area contributed by atoms with Gasteiger partial charge in [-0.05, 0) is 64.3 Å². The van der Waals surface area contributed by atoms with Gasteiger partial charge in [-0.2, -0.15) is 0 Å². The molecule has 1 fully saturated rings. The van der Waals surface area contributed by atoms with Crippen LogP contribution in [-0.2, 0) is 0 Å². The third-order valence-corrected chi connectivity index (χ3v) is 4.51. The van der Waals surface area contributed by atoms with Gasteiger partial charge in [-0.3, -0.25) is 4.79 Å². The highest BCUT2D eigenvalue weighted by molar-refractivity contribution is 6.34. The van der Waals surface area contributed by atoms with Crippen molar-refractivity contribution < 1.29 is 9.59 Å². The van der Waals surface area contributed by atoms with Gasteiger partial charge < -0.3 is 21.3 Å². The number of anilines is 1. The molecule has 0 bridgehead atoms. The predicted molar refractivity (Wildman–Crippen MR) is 101 cm³/mol. The van der Waals surface area contributed by atoms with Gasteiger partial charge in [0.25, 0.3) is 5.91 Å². The second-order valence-electron chi connectivity index (χ2n) is 7.50. The van der Waals surface area contributed by atoms with Crippen LogP contribution in [0.4, 0.5) is 10.5 Å². The maximum absolute atomic E-state index is 12.8. The monoisotopic (exact) mass is 366 g/mol. The molecule has 0 aliphatic carbocycles. The minimum Gasteiger partial charge on any atom is -0.339 e. The van der Waals surface area contributed by atoms with Gasteiger partial charge in [0.05, 0.1) is 10.6 Å². The number of nitrogens with one attached hydrogen (secondary N) is 2. The number of urea groups is 1. The van der Waals surface area contributed by atoms with E-state index in [4.69, 9.17) is 17.3 Å². The molecule has 138 valence electrons. The lowest BCUT2D eigenvalue weighted by molar-refractivity contribution is 0.0693. The molecule has 1 heterocycles. The number of nitrogens with two attached hydrogens (primary N) is 1. The van der Waals surface area contributed by atoms with Crippen LogP contribution < -0.4 is 16.4 Å². The Bertz CT molecular complexity index is 634. The van der Waals surface area contributed by atoms with Crippen LogP contribution in [0.5, 0.6) is 0 Å². The van der Waals surface area contributed by atoms with Crippen LogP contribution in [0.25, 0.3) is 0 Å². The van der Waals surface area contributed by atoms with Crippen LogP contribution in [0.1, 0.15) is 44.0 Å². The van der Waals surface area contributed by atoms with E-state index >= 15 is 0 Å². The summed E-state index contributed by atoms with van der Waals surface area (Å²) in [4.78, 5) is 26.6. The fourth-order valence-corrected chi connectivity index (χ4v) is 3.01. The average molecular weight is 367 g/mol. The lowest BCUT2D eigenvalue weighted by atomic mass is 9.96. The minimum atomic E-state index is -0.345. The van der Waals surface area contributed by atoms with E-state index in [1.807, 2.05) is 20.8 Å². The highest BCUT2D eigenvalue weighted by Crippen LogP contribution is 2.25. The van der Waals surface area contributed by atoms with Gasteiger partial charge in [0.2, 0.25) is 0 Å². The van der Waals surface area contributed by atoms with Crippen molar-refractivity contribution >= 4 is 29.2 Å². The highest BCUT2D eigenvalue weighted by atomic mass is 35.5. The molecule has 0 radical (unpaired) electrons. The lowest BCUT2D eigenvalue weighted by Crippen LogP contribution is -2.43. The average Bonchev–Trinajstić information content (AvgIpc) is 2.54. The molecule has 1 aromatic rings. The Balaban J connectivity index is 2.08. The van der Waals surface area contributed by atoms with Crippen molar-refractivity contribution in [3.8, 4) is 0 Å². The van der Waals surface area contributed by atoms with Crippen molar-refractivity contribution in [2.45, 2.75) is 39.2 Å². The first-order chi connectivity index (χ1) is 11.7. The number of carbonyl (C=O) groups excluding carboxylic acids is 2. The lowest BCUT2D eigenvalue weighted by Gasteiger charge is -2.31. The van der Waals surface area contributed by atoms with E-state index in [2.05, 4.69) is 10.6 Å². The van der Waals surface area contributed by atoms with E-state index in [0.29, 0.717) is 41.8 Å². The third-order valence-electron chi connectivity index (χ3n) is 4.18. The number of hydrogen-bond donors (Lipinski definition) is 3. The Kier molecular flexibility index (Phi) is 6.30. The normalized spacial score (nSPS) is 15.8. The summed E-state index contributed by atoms with van der Waals surface area (Å²) in [6.07, 6.45) is 1.82. The van der Waals surface area contributed by atoms with Crippen LogP contribution in [0, 0.1) is 5.92 Å². The summed E-state index contributed by atoms with van der Waals surface area (Å²) in [5, 5.41) is 5.94. The number of halogens is 1. The predicted octanol–water partition coefficient (Wildman–Crippen LogP) is 3.07. The summed E-state index contributed by atoms with van der Waals surface area (Å²) in [5.74, 6) is 0.369. The maximum Gasteiger partial charge on any atom is 0.319 e. The zero-order valence-corrected chi connectivity index (χ0v) is 15.8. The zero-order valence-electron chi connectivity index (χ0n) is 15.1. The number of carbonyl (C=O) groups is 2. The summed E-state index contributed by atoms with van der Waals surface area (Å²) in [7, 11) is 0. The number of nitrogens with zero attached hydrogens (tertiary/aromatic N) is 1. The smallest absolute Gasteiger partial charge is 0.319 e. The first-order valence-electron chi connectivity index (χ1n) is 8.57. The second kappa shape index (κ2) is 8.06. The molecule has 1 aliphatic rings. The molecule has 0 saturated carbocycles. The molecule has 1 aliphatic heterocycles. The Hall–Kier alpha value is -1.79. The number of likely N-dealkylation sites (tertiary alicyclic amines) is 1. The molecular formula is C18H27ClN4O2. The molecule has 0 atom stereocenters. The summed E-state index contributed by atoms with van der Waals surface area (Å²) >= 11 is 6.21. The quantitative estimate of drug-likeness (QED) is 0.768. The van der Waals surface area contributed by atoms with Crippen LogP contribution in [0.3, 0.4) is 0 Å². The van der Waals surface area contributed by atoms with Crippen LogP contribution in [-0.4, -0.2) is 42.0 Å². The van der Waals surface area contributed by atoms with Gasteiger partial charge in [-0.1, -0.05) is 11.6 Å². The molecule has 0 unspecified atom stereocenters. The zero-order chi connectivity index (χ0) is 18.6.